The van der Waals surface area contributed by atoms with Crippen LogP contribution in [0.1, 0.15) is 21.3 Å². The standard InChI is InChI=1S/C16H13ClFNOS/c17-13-5-1-4-12(9-13)16-19(7-8-21-16)15(20)11-3-2-6-14(18)10-11/h1-6,9-10,16H,7-8H2/t16-/m0/s1. The average Bonchev–Trinajstić information content (AvgIpc) is 2.96. The molecule has 1 fully saturated rings. The number of amides is 1. The summed E-state index contributed by atoms with van der Waals surface area (Å²) in [6, 6.07) is 13.3. The highest BCUT2D eigenvalue weighted by Crippen LogP contribution is 2.39. The fourth-order valence-corrected chi connectivity index (χ4v) is 3.85. The maximum absolute atomic E-state index is 13.3. The number of nitrogens with zero attached hydrogens (tertiary/aromatic N) is 1. The molecule has 0 saturated carbocycles. The zero-order valence-electron chi connectivity index (χ0n) is 11.1. The van der Waals surface area contributed by atoms with Crippen molar-refractivity contribution in [2.45, 2.75) is 5.37 Å². The molecule has 3 rings (SSSR count). The summed E-state index contributed by atoms with van der Waals surface area (Å²) in [6.07, 6.45) is 0. The third-order valence-electron chi connectivity index (χ3n) is 3.36. The van der Waals surface area contributed by atoms with Crippen LogP contribution in [0.2, 0.25) is 5.02 Å². The minimum atomic E-state index is -0.396. The van der Waals surface area contributed by atoms with E-state index < -0.39 is 5.82 Å². The van der Waals surface area contributed by atoms with Gasteiger partial charge in [-0.25, -0.2) is 4.39 Å². The number of benzene rings is 2. The lowest BCUT2D eigenvalue weighted by atomic mass is 10.1. The third kappa shape index (κ3) is 3.06. The number of carbonyl (C=O) groups is 1. The summed E-state index contributed by atoms with van der Waals surface area (Å²) in [5.41, 5.74) is 1.37. The Balaban J connectivity index is 1.89. The minimum absolute atomic E-state index is 0.0699. The topological polar surface area (TPSA) is 20.3 Å². The molecule has 1 atom stereocenters. The number of carbonyl (C=O) groups excluding carboxylic acids is 1. The fourth-order valence-electron chi connectivity index (χ4n) is 2.40. The van der Waals surface area contributed by atoms with Crippen LogP contribution >= 0.6 is 23.4 Å². The Kier molecular flexibility index (Phi) is 4.17. The molecule has 2 aromatic carbocycles. The molecule has 1 aliphatic heterocycles. The Morgan fingerprint density at radius 1 is 1.24 bits per heavy atom. The van der Waals surface area contributed by atoms with Gasteiger partial charge in [0.1, 0.15) is 11.2 Å². The van der Waals surface area contributed by atoms with E-state index in [4.69, 9.17) is 11.6 Å². The van der Waals surface area contributed by atoms with Gasteiger partial charge in [-0.15, -0.1) is 11.8 Å². The van der Waals surface area contributed by atoms with E-state index in [-0.39, 0.29) is 11.3 Å². The van der Waals surface area contributed by atoms with Crippen LogP contribution in [0.15, 0.2) is 48.5 Å². The normalized spacial score (nSPS) is 18.0. The van der Waals surface area contributed by atoms with Crippen molar-refractivity contribution in [2.75, 3.05) is 12.3 Å². The molecule has 1 amide bonds. The summed E-state index contributed by atoms with van der Waals surface area (Å²) in [7, 11) is 0. The summed E-state index contributed by atoms with van der Waals surface area (Å²) < 4.78 is 13.3. The van der Waals surface area contributed by atoms with Crippen LogP contribution in [-0.2, 0) is 0 Å². The lowest BCUT2D eigenvalue weighted by Gasteiger charge is -2.24. The monoisotopic (exact) mass is 321 g/mol. The van der Waals surface area contributed by atoms with Gasteiger partial charge in [-0.05, 0) is 35.9 Å². The molecule has 108 valence electrons. The fraction of sp³-hybridized carbons (Fsp3) is 0.188. The van der Waals surface area contributed by atoms with Crippen molar-refractivity contribution in [3.8, 4) is 0 Å². The molecule has 2 aromatic rings. The molecule has 0 spiro atoms. The van der Waals surface area contributed by atoms with E-state index in [0.717, 1.165) is 11.3 Å². The largest absolute Gasteiger partial charge is 0.322 e. The maximum atomic E-state index is 13.3. The molecule has 2 nitrogen and oxygen atoms in total. The highest BCUT2D eigenvalue weighted by Gasteiger charge is 2.31. The van der Waals surface area contributed by atoms with Gasteiger partial charge in [0, 0.05) is 22.9 Å². The molecular formula is C16H13ClFNOS. The second kappa shape index (κ2) is 6.08. The second-order valence-corrected chi connectivity index (χ2v) is 6.41. The minimum Gasteiger partial charge on any atom is -0.322 e. The summed E-state index contributed by atoms with van der Waals surface area (Å²) in [4.78, 5) is 14.3. The molecule has 5 heteroatoms. The summed E-state index contributed by atoms with van der Waals surface area (Å²) in [5.74, 6) is 0.314. The summed E-state index contributed by atoms with van der Waals surface area (Å²) >= 11 is 7.72. The number of halogens is 2. The average molecular weight is 322 g/mol. The lowest BCUT2D eigenvalue weighted by Crippen LogP contribution is -2.30. The first-order valence-electron chi connectivity index (χ1n) is 6.59. The Morgan fingerprint density at radius 2 is 2.05 bits per heavy atom. The molecule has 0 N–H and O–H groups in total. The van der Waals surface area contributed by atoms with Gasteiger partial charge in [0.25, 0.3) is 5.91 Å². The summed E-state index contributed by atoms with van der Waals surface area (Å²) in [5, 5.41) is 0.581. The van der Waals surface area contributed by atoms with Crippen molar-refractivity contribution in [1.82, 2.24) is 4.90 Å². The molecule has 0 bridgehead atoms. The zero-order valence-corrected chi connectivity index (χ0v) is 12.7. The van der Waals surface area contributed by atoms with Gasteiger partial charge in [0.05, 0.1) is 0 Å². The van der Waals surface area contributed by atoms with Gasteiger partial charge in [-0.3, -0.25) is 4.79 Å². The zero-order chi connectivity index (χ0) is 14.8. The van der Waals surface area contributed by atoms with Crippen LogP contribution < -0.4 is 0 Å². The Hall–Kier alpha value is -1.52. The molecule has 21 heavy (non-hydrogen) atoms. The number of hydrogen-bond acceptors (Lipinski definition) is 2. The Morgan fingerprint density at radius 3 is 2.81 bits per heavy atom. The van der Waals surface area contributed by atoms with Crippen molar-refractivity contribution in [3.63, 3.8) is 0 Å². The molecule has 1 aliphatic rings. The molecule has 0 aliphatic carbocycles. The van der Waals surface area contributed by atoms with Gasteiger partial charge in [-0.1, -0.05) is 29.8 Å². The van der Waals surface area contributed by atoms with E-state index in [1.165, 1.54) is 12.1 Å². The van der Waals surface area contributed by atoms with Gasteiger partial charge >= 0.3 is 0 Å². The first-order chi connectivity index (χ1) is 10.1. The number of rotatable bonds is 2. The van der Waals surface area contributed by atoms with E-state index in [9.17, 15) is 9.18 Å². The van der Waals surface area contributed by atoms with Crippen LogP contribution in [0.25, 0.3) is 0 Å². The van der Waals surface area contributed by atoms with Crippen molar-refractivity contribution >= 4 is 29.3 Å². The quantitative estimate of drug-likeness (QED) is 0.818. The first kappa shape index (κ1) is 14.4. The molecule has 1 saturated heterocycles. The smallest absolute Gasteiger partial charge is 0.255 e. The van der Waals surface area contributed by atoms with Crippen LogP contribution in [0.4, 0.5) is 4.39 Å². The van der Waals surface area contributed by atoms with E-state index in [1.54, 1.807) is 28.8 Å². The highest BCUT2D eigenvalue weighted by atomic mass is 35.5. The van der Waals surface area contributed by atoms with Gasteiger partial charge in [-0.2, -0.15) is 0 Å². The Labute approximate surface area is 131 Å². The number of hydrogen-bond donors (Lipinski definition) is 0. The van der Waals surface area contributed by atoms with E-state index >= 15 is 0 Å². The molecule has 0 unspecified atom stereocenters. The van der Waals surface area contributed by atoms with E-state index in [2.05, 4.69) is 0 Å². The van der Waals surface area contributed by atoms with Crippen molar-refractivity contribution < 1.29 is 9.18 Å². The second-order valence-electron chi connectivity index (χ2n) is 4.79. The van der Waals surface area contributed by atoms with Crippen LogP contribution in [0, 0.1) is 5.82 Å². The third-order valence-corrected chi connectivity index (χ3v) is 4.85. The molecular weight excluding hydrogens is 309 g/mol. The van der Waals surface area contributed by atoms with Gasteiger partial charge in [0.15, 0.2) is 0 Å². The van der Waals surface area contributed by atoms with Crippen molar-refractivity contribution in [1.29, 1.82) is 0 Å². The molecule has 0 aromatic heterocycles. The van der Waals surface area contributed by atoms with Crippen LogP contribution in [0.5, 0.6) is 0 Å². The van der Waals surface area contributed by atoms with Gasteiger partial charge < -0.3 is 4.90 Å². The van der Waals surface area contributed by atoms with Crippen molar-refractivity contribution in [3.05, 3.63) is 70.5 Å². The maximum Gasteiger partial charge on any atom is 0.255 e. The van der Waals surface area contributed by atoms with Gasteiger partial charge in [0.2, 0.25) is 0 Å². The molecule has 1 heterocycles. The predicted octanol–water partition coefficient (Wildman–Crippen LogP) is 4.37. The van der Waals surface area contributed by atoms with E-state index in [1.807, 2.05) is 24.3 Å². The van der Waals surface area contributed by atoms with Crippen LogP contribution in [0.3, 0.4) is 0 Å². The first-order valence-corrected chi connectivity index (χ1v) is 8.01. The van der Waals surface area contributed by atoms with Crippen molar-refractivity contribution in [2.24, 2.45) is 0 Å². The predicted molar refractivity (Wildman–Crippen MR) is 84.1 cm³/mol. The van der Waals surface area contributed by atoms with E-state index in [0.29, 0.717) is 17.1 Å². The summed E-state index contributed by atoms with van der Waals surface area (Å²) in [6.45, 7) is 0.650. The Bertz CT molecular complexity index is 679. The SMILES string of the molecule is O=C(c1cccc(F)c1)N1CCS[C@H]1c1cccc(Cl)c1. The van der Waals surface area contributed by atoms with Crippen LogP contribution in [-0.4, -0.2) is 23.1 Å². The molecule has 0 radical (unpaired) electrons. The highest BCUT2D eigenvalue weighted by molar-refractivity contribution is 7.99. The lowest BCUT2D eigenvalue weighted by molar-refractivity contribution is 0.0760. The number of thioether (sulfide) groups is 1.